The van der Waals surface area contributed by atoms with Crippen LogP contribution in [-0.2, 0) is 13.6 Å². The number of hydrogen-bond donors (Lipinski definition) is 1. The average molecular weight is 420 g/mol. The van der Waals surface area contributed by atoms with E-state index in [4.69, 9.17) is 14.8 Å². The van der Waals surface area contributed by atoms with E-state index in [1.54, 1.807) is 6.20 Å². The van der Waals surface area contributed by atoms with Crippen molar-refractivity contribution in [3.63, 3.8) is 0 Å². The maximum atomic E-state index is 5.76. The molecule has 0 aliphatic rings. The summed E-state index contributed by atoms with van der Waals surface area (Å²) in [6.07, 6.45) is 4.66. The second-order valence-corrected chi connectivity index (χ2v) is 7.66. The van der Waals surface area contributed by atoms with E-state index < -0.39 is 0 Å². The average Bonchev–Trinajstić information content (AvgIpc) is 3.35. The fraction of sp³-hybridized carbons (Fsp3) is 0.391. The van der Waals surface area contributed by atoms with Crippen LogP contribution in [0.15, 0.2) is 36.7 Å². The maximum Gasteiger partial charge on any atom is 0.222 e. The van der Waals surface area contributed by atoms with E-state index in [9.17, 15) is 0 Å². The van der Waals surface area contributed by atoms with Crippen molar-refractivity contribution in [2.75, 3.05) is 11.9 Å². The van der Waals surface area contributed by atoms with Gasteiger partial charge in [-0.25, -0.2) is 9.97 Å². The van der Waals surface area contributed by atoms with Gasteiger partial charge in [0, 0.05) is 25.5 Å². The van der Waals surface area contributed by atoms with Gasteiger partial charge in [-0.3, -0.25) is 9.36 Å². The van der Waals surface area contributed by atoms with E-state index in [2.05, 4.69) is 40.0 Å². The SMILES string of the molecule is CCOc1ncccc1-c1cc(NCc2ccn(C)n2)c2c(n1)c(C)nn2[C@@H](C)CC. The number of rotatable bonds is 8. The lowest BCUT2D eigenvalue weighted by atomic mass is 10.1. The molecule has 4 aromatic heterocycles. The zero-order valence-electron chi connectivity index (χ0n) is 18.8. The van der Waals surface area contributed by atoms with E-state index in [1.165, 1.54) is 0 Å². The topological polar surface area (TPSA) is 82.7 Å². The number of fused-ring (bicyclic) bond motifs is 1. The molecule has 4 aromatic rings. The molecule has 31 heavy (non-hydrogen) atoms. The van der Waals surface area contributed by atoms with Crippen molar-refractivity contribution in [2.24, 2.45) is 7.05 Å². The van der Waals surface area contributed by atoms with Crippen LogP contribution in [0.1, 0.15) is 44.6 Å². The highest BCUT2D eigenvalue weighted by molar-refractivity contribution is 5.93. The Morgan fingerprint density at radius 2 is 2.03 bits per heavy atom. The summed E-state index contributed by atoms with van der Waals surface area (Å²) in [4.78, 5) is 9.39. The quantitative estimate of drug-likeness (QED) is 0.452. The van der Waals surface area contributed by atoms with Crippen LogP contribution >= 0.6 is 0 Å². The summed E-state index contributed by atoms with van der Waals surface area (Å²) >= 11 is 0. The van der Waals surface area contributed by atoms with Gasteiger partial charge >= 0.3 is 0 Å². The first kappa shape index (κ1) is 20.8. The molecule has 0 radical (unpaired) electrons. The molecule has 162 valence electrons. The Morgan fingerprint density at radius 1 is 1.19 bits per heavy atom. The number of nitrogens with one attached hydrogen (secondary N) is 1. The fourth-order valence-electron chi connectivity index (χ4n) is 3.63. The summed E-state index contributed by atoms with van der Waals surface area (Å²) in [5.41, 5.74) is 6.40. The van der Waals surface area contributed by atoms with Gasteiger partial charge < -0.3 is 10.1 Å². The Kier molecular flexibility index (Phi) is 5.88. The molecule has 0 saturated heterocycles. The van der Waals surface area contributed by atoms with Crippen molar-refractivity contribution < 1.29 is 4.74 Å². The molecule has 1 N–H and O–H groups in total. The van der Waals surface area contributed by atoms with Crippen LogP contribution in [0.4, 0.5) is 5.69 Å². The zero-order chi connectivity index (χ0) is 22.0. The summed E-state index contributed by atoms with van der Waals surface area (Å²) in [5.74, 6) is 0.583. The minimum Gasteiger partial charge on any atom is -0.477 e. The molecule has 0 aromatic carbocycles. The van der Waals surface area contributed by atoms with Gasteiger partial charge in [0.25, 0.3) is 0 Å². The maximum absolute atomic E-state index is 5.76. The minimum absolute atomic E-state index is 0.261. The van der Waals surface area contributed by atoms with Crippen LogP contribution in [-0.4, -0.2) is 36.1 Å². The molecule has 1 atom stereocenters. The molecule has 8 heteroatoms. The molecule has 0 bridgehead atoms. The number of aromatic nitrogens is 6. The van der Waals surface area contributed by atoms with Crippen LogP contribution in [0, 0.1) is 6.92 Å². The molecular weight excluding hydrogens is 390 g/mol. The molecule has 0 aliphatic carbocycles. The fourth-order valence-corrected chi connectivity index (χ4v) is 3.63. The molecule has 0 unspecified atom stereocenters. The van der Waals surface area contributed by atoms with E-state index in [-0.39, 0.29) is 6.04 Å². The Labute approximate surface area is 182 Å². The molecule has 4 heterocycles. The van der Waals surface area contributed by atoms with Crippen LogP contribution in [0.25, 0.3) is 22.3 Å². The van der Waals surface area contributed by atoms with Gasteiger partial charge in [-0.05, 0) is 51.5 Å². The van der Waals surface area contributed by atoms with Crippen molar-refractivity contribution in [2.45, 2.75) is 46.7 Å². The molecule has 0 aliphatic heterocycles. The molecular formula is C23H29N7O. The molecule has 0 amide bonds. The number of anilines is 1. The first-order chi connectivity index (χ1) is 15.0. The van der Waals surface area contributed by atoms with E-state index in [0.717, 1.165) is 45.8 Å². The predicted octanol–water partition coefficient (Wildman–Crippen LogP) is 4.52. The summed E-state index contributed by atoms with van der Waals surface area (Å²) in [7, 11) is 1.92. The minimum atomic E-state index is 0.261. The van der Waals surface area contributed by atoms with Crippen molar-refractivity contribution in [1.82, 2.24) is 29.5 Å². The second-order valence-electron chi connectivity index (χ2n) is 7.66. The van der Waals surface area contributed by atoms with Crippen LogP contribution < -0.4 is 10.1 Å². The first-order valence-electron chi connectivity index (χ1n) is 10.7. The van der Waals surface area contributed by atoms with Gasteiger partial charge in [-0.15, -0.1) is 0 Å². The standard InChI is InChI=1S/C23H29N7O/c1-6-15(3)30-22-20(25-14-17-10-12-29(5)28-17)13-19(26-21(22)16(4)27-30)18-9-8-11-24-23(18)31-7-2/h8-13,15H,6-7,14H2,1-5H3,(H,25,26)/t15-/m0/s1. The monoisotopic (exact) mass is 419 g/mol. The molecule has 0 fully saturated rings. The number of pyridine rings is 2. The normalized spacial score (nSPS) is 12.3. The van der Waals surface area contributed by atoms with Crippen molar-refractivity contribution in [3.8, 4) is 17.1 Å². The molecule has 4 rings (SSSR count). The van der Waals surface area contributed by atoms with Gasteiger partial charge in [0.15, 0.2) is 0 Å². The van der Waals surface area contributed by atoms with Crippen LogP contribution in [0.2, 0.25) is 0 Å². The van der Waals surface area contributed by atoms with Crippen LogP contribution in [0.5, 0.6) is 5.88 Å². The first-order valence-corrected chi connectivity index (χ1v) is 10.7. The molecule has 8 nitrogen and oxygen atoms in total. The van der Waals surface area contributed by atoms with Gasteiger partial charge in [-0.1, -0.05) is 6.92 Å². The van der Waals surface area contributed by atoms with Gasteiger partial charge in [0.2, 0.25) is 5.88 Å². The third kappa shape index (κ3) is 4.10. The summed E-state index contributed by atoms with van der Waals surface area (Å²) in [6, 6.07) is 8.22. The number of nitrogens with zero attached hydrogens (tertiary/aromatic N) is 6. The van der Waals surface area contributed by atoms with E-state index in [1.807, 2.05) is 50.0 Å². The van der Waals surface area contributed by atoms with Crippen molar-refractivity contribution in [1.29, 1.82) is 0 Å². The lowest BCUT2D eigenvalue weighted by Gasteiger charge is -2.16. The Morgan fingerprint density at radius 3 is 2.74 bits per heavy atom. The predicted molar refractivity (Wildman–Crippen MR) is 122 cm³/mol. The van der Waals surface area contributed by atoms with E-state index >= 15 is 0 Å². The van der Waals surface area contributed by atoms with Gasteiger partial charge in [0.1, 0.15) is 11.0 Å². The third-order valence-corrected chi connectivity index (χ3v) is 5.39. The summed E-state index contributed by atoms with van der Waals surface area (Å²) in [5, 5.41) is 12.9. The van der Waals surface area contributed by atoms with Crippen molar-refractivity contribution in [3.05, 3.63) is 48.0 Å². The smallest absolute Gasteiger partial charge is 0.222 e. The number of aryl methyl sites for hydroxylation is 2. The Bertz CT molecular complexity index is 1190. The van der Waals surface area contributed by atoms with Gasteiger partial charge in [-0.2, -0.15) is 10.2 Å². The van der Waals surface area contributed by atoms with Crippen molar-refractivity contribution >= 4 is 16.7 Å². The summed E-state index contributed by atoms with van der Waals surface area (Å²) in [6.45, 7) is 9.46. The largest absolute Gasteiger partial charge is 0.477 e. The highest BCUT2D eigenvalue weighted by Crippen LogP contribution is 2.35. The summed E-state index contributed by atoms with van der Waals surface area (Å²) < 4.78 is 9.65. The van der Waals surface area contributed by atoms with Crippen LogP contribution in [0.3, 0.4) is 0 Å². The third-order valence-electron chi connectivity index (χ3n) is 5.39. The highest BCUT2D eigenvalue weighted by Gasteiger charge is 2.20. The number of hydrogen-bond acceptors (Lipinski definition) is 6. The Balaban J connectivity index is 1.87. The van der Waals surface area contributed by atoms with Gasteiger partial charge in [0.05, 0.1) is 41.5 Å². The molecule has 0 saturated carbocycles. The lowest BCUT2D eigenvalue weighted by molar-refractivity contribution is 0.328. The molecule has 0 spiro atoms. The highest BCUT2D eigenvalue weighted by atomic mass is 16.5. The zero-order valence-corrected chi connectivity index (χ0v) is 18.8. The van der Waals surface area contributed by atoms with E-state index in [0.29, 0.717) is 19.0 Å². The Hall–Kier alpha value is -3.42. The lowest BCUT2D eigenvalue weighted by Crippen LogP contribution is -2.09. The number of ether oxygens (including phenoxy) is 1. The second kappa shape index (κ2) is 8.75.